The second-order valence-electron chi connectivity index (χ2n) is 5.26. The van der Waals surface area contributed by atoms with Crippen molar-refractivity contribution in [3.8, 4) is 0 Å². The molecule has 1 N–H and O–H groups in total. The van der Waals surface area contributed by atoms with E-state index in [1.165, 1.54) is 0 Å². The molecule has 1 amide bonds. The summed E-state index contributed by atoms with van der Waals surface area (Å²) >= 11 is 0. The first kappa shape index (κ1) is 16.1. The molecule has 3 nitrogen and oxygen atoms in total. The normalized spacial score (nSPS) is 12.2. The van der Waals surface area contributed by atoms with Crippen LogP contribution in [0.2, 0.25) is 0 Å². The van der Waals surface area contributed by atoms with Crippen molar-refractivity contribution >= 4 is 5.91 Å². The second kappa shape index (κ2) is 7.13. The lowest BCUT2D eigenvalue weighted by molar-refractivity contribution is 0.0941. The molecule has 0 aliphatic carbocycles. The topological polar surface area (TPSA) is 32.3 Å². The van der Waals surface area contributed by atoms with Crippen LogP contribution in [-0.2, 0) is 0 Å². The zero-order chi connectivity index (χ0) is 16.1. The average Bonchev–Trinajstić information content (AvgIpc) is 2.47. The van der Waals surface area contributed by atoms with Gasteiger partial charge in [-0.05, 0) is 31.8 Å². The molecule has 5 heteroatoms. The highest BCUT2D eigenvalue weighted by Gasteiger charge is 2.16. The van der Waals surface area contributed by atoms with Gasteiger partial charge in [-0.25, -0.2) is 8.78 Å². The Labute approximate surface area is 128 Å². The van der Waals surface area contributed by atoms with Gasteiger partial charge in [-0.15, -0.1) is 0 Å². The Morgan fingerprint density at radius 2 is 1.68 bits per heavy atom. The summed E-state index contributed by atoms with van der Waals surface area (Å²) in [7, 11) is 3.82. The third kappa shape index (κ3) is 4.11. The number of benzene rings is 2. The molecule has 0 heterocycles. The summed E-state index contributed by atoms with van der Waals surface area (Å²) in [5.41, 5.74) is 1.03. The Bertz CT molecular complexity index is 624. The smallest absolute Gasteiger partial charge is 0.251 e. The zero-order valence-electron chi connectivity index (χ0n) is 12.5. The summed E-state index contributed by atoms with van der Waals surface area (Å²) in [6.45, 7) is 0.341. The zero-order valence-corrected chi connectivity index (χ0v) is 12.5. The van der Waals surface area contributed by atoms with Crippen LogP contribution in [0.25, 0.3) is 0 Å². The highest BCUT2D eigenvalue weighted by molar-refractivity contribution is 5.94. The molecule has 0 aliphatic rings. The number of halogens is 2. The maximum atomic E-state index is 13.2. The monoisotopic (exact) mass is 304 g/mol. The molecule has 0 fully saturated rings. The Balaban J connectivity index is 2.08. The van der Waals surface area contributed by atoms with E-state index in [2.05, 4.69) is 5.32 Å². The summed E-state index contributed by atoms with van der Waals surface area (Å²) in [4.78, 5) is 14.0. The van der Waals surface area contributed by atoms with Crippen molar-refractivity contribution in [3.63, 3.8) is 0 Å². The molecule has 2 aromatic rings. The van der Waals surface area contributed by atoms with Crippen molar-refractivity contribution in [1.82, 2.24) is 10.2 Å². The van der Waals surface area contributed by atoms with Crippen LogP contribution in [0.4, 0.5) is 8.78 Å². The second-order valence-corrected chi connectivity index (χ2v) is 5.26. The molecule has 0 unspecified atom stereocenters. The van der Waals surface area contributed by atoms with Crippen molar-refractivity contribution in [2.45, 2.75) is 6.04 Å². The largest absolute Gasteiger partial charge is 0.350 e. The van der Waals surface area contributed by atoms with E-state index in [-0.39, 0.29) is 11.6 Å². The minimum atomic E-state index is -0.766. The van der Waals surface area contributed by atoms with Gasteiger partial charge in [-0.2, -0.15) is 0 Å². The number of carbonyl (C=O) groups is 1. The van der Waals surface area contributed by atoms with Crippen LogP contribution in [0.15, 0.2) is 48.5 Å². The Morgan fingerprint density at radius 3 is 2.23 bits per heavy atom. The minimum absolute atomic E-state index is 0.0245. The first-order valence-corrected chi connectivity index (χ1v) is 6.93. The van der Waals surface area contributed by atoms with E-state index in [9.17, 15) is 13.6 Å². The third-order valence-electron chi connectivity index (χ3n) is 3.39. The Kier molecular flexibility index (Phi) is 5.22. The Hall–Kier alpha value is -2.27. The lowest BCUT2D eigenvalue weighted by Crippen LogP contribution is -2.34. The fraction of sp³-hybridized carbons (Fsp3) is 0.235. The van der Waals surface area contributed by atoms with E-state index in [0.717, 1.165) is 23.8 Å². The Morgan fingerprint density at radius 1 is 1.09 bits per heavy atom. The summed E-state index contributed by atoms with van der Waals surface area (Å²) in [6.07, 6.45) is 0. The lowest BCUT2D eigenvalue weighted by Gasteiger charge is -2.25. The summed E-state index contributed by atoms with van der Waals surface area (Å²) < 4.78 is 26.3. The van der Waals surface area contributed by atoms with Crippen molar-refractivity contribution < 1.29 is 13.6 Å². The molecule has 0 radical (unpaired) electrons. The van der Waals surface area contributed by atoms with E-state index in [1.807, 2.05) is 49.3 Å². The van der Waals surface area contributed by atoms with Gasteiger partial charge >= 0.3 is 0 Å². The average molecular weight is 304 g/mol. The number of carbonyl (C=O) groups excluding carboxylic acids is 1. The van der Waals surface area contributed by atoms with Crippen molar-refractivity contribution in [2.24, 2.45) is 0 Å². The molecule has 116 valence electrons. The quantitative estimate of drug-likeness (QED) is 0.921. The number of nitrogens with zero attached hydrogens (tertiary/aromatic N) is 1. The summed E-state index contributed by atoms with van der Waals surface area (Å²) in [6, 6.07) is 12.5. The van der Waals surface area contributed by atoms with E-state index in [4.69, 9.17) is 0 Å². The number of rotatable bonds is 5. The van der Waals surface area contributed by atoms with Crippen LogP contribution >= 0.6 is 0 Å². The van der Waals surface area contributed by atoms with Crippen molar-refractivity contribution in [3.05, 3.63) is 71.3 Å². The maximum Gasteiger partial charge on any atom is 0.251 e. The fourth-order valence-electron chi connectivity index (χ4n) is 2.25. The van der Waals surface area contributed by atoms with Crippen molar-refractivity contribution in [2.75, 3.05) is 20.6 Å². The van der Waals surface area contributed by atoms with E-state index < -0.39 is 17.5 Å². The van der Waals surface area contributed by atoms with Crippen LogP contribution < -0.4 is 5.32 Å². The molecular formula is C17H18F2N2O. The highest BCUT2D eigenvalue weighted by atomic mass is 19.1. The van der Waals surface area contributed by atoms with Gasteiger partial charge in [-0.1, -0.05) is 30.3 Å². The van der Waals surface area contributed by atoms with Crippen LogP contribution in [0.1, 0.15) is 22.0 Å². The first-order valence-electron chi connectivity index (χ1n) is 6.93. The molecular weight excluding hydrogens is 286 g/mol. The first-order chi connectivity index (χ1) is 10.5. The van der Waals surface area contributed by atoms with E-state index in [1.54, 1.807) is 0 Å². The predicted octanol–water partition coefficient (Wildman–Crippen LogP) is 3.00. The van der Waals surface area contributed by atoms with Gasteiger partial charge in [-0.3, -0.25) is 4.79 Å². The van der Waals surface area contributed by atoms with E-state index in [0.29, 0.717) is 6.54 Å². The standard InChI is InChI=1S/C17H18F2N2O/c1-21(2)16(12-6-4-3-5-7-12)11-20-17(22)13-8-14(18)10-15(19)9-13/h3-10,16H,11H2,1-2H3,(H,20,22)/t16-/m1/s1. The van der Waals surface area contributed by atoms with Gasteiger partial charge in [0.15, 0.2) is 0 Å². The minimum Gasteiger partial charge on any atom is -0.350 e. The number of nitrogens with one attached hydrogen (secondary N) is 1. The van der Waals surface area contributed by atoms with Crippen LogP contribution in [0.5, 0.6) is 0 Å². The van der Waals surface area contributed by atoms with Gasteiger partial charge < -0.3 is 10.2 Å². The fourth-order valence-corrected chi connectivity index (χ4v) is 2.25. The van der Waals surface area contributed by atoms with Gasteiger partial charge in [0.05, 0.1) is 6.04 Å². The molecule has 0 aliphatic heterocycles. The van der Waals surface area contributed by atoms with Crippen LogP contribution in [-0.4, -0.2) is 31.4 Å². The molecule has 0 bridgehead atoms. The molecule has 0 aromatic heterocycles. The van der Waals surface area contributed by atoms with Gasteiger partial charge in [0.1, 0.15) is 11.6 Å². The maximum absolute atomic E-state index is 13.2. The van der Waals surface area contributed by atoms with Crippen molar-refractivity contribution in [1.29, 1.82) is 0 Å². The van der Waals surface area contributed by atoms with Gasteiger partial charge in [0.2, 0.25) is 0 Å². The molecule has 0 saturated heterocycles. The summed E-state index contributed by atoms with van der Waals surface area (Å²) in [5.74, 6) is -2.03. The number of amides is 1. The molecule has 0 saturated carbocycles. The lowest BCUT2D eigenvalue weighted by atomic mass is 10.1. The van der Waals surface area contributed by atoms with Crippen LogP contribution in [0.3, 0.4) is 0 Å². The van der Waals surface area contributed by atoms with Crippen LogP contribution in [0, 0.1) is 11.6 Å². The molecule has 1 atom stereocenters. The molecule has 22 heavy (non-hydrogen) atoms. The van der Waals surface area contributed by atoms with E-state index >= 15 is 0 Å². The summed E-state index contributed by atoms with van der Waals surface area (Å²) in [5, 5.41) is 2.72. The molecule has 2 rings (SSSR count). The SMILES string of the molecule is CN(C)[C@H](CNC(=O)c1cc(F)cc(F)c1)c1ccccc1. The predicted molar refractivity (Wildman–Crippen MR) is 81.6 cm³/mol. The number of likely N-dealkylation sites (N-methyl/N-ethyl adjacent to an activating group) is 1. The number of hydrogen-bond donors (Lipinski definition) is 1. The molecule has 0 spiro atoms. The van der Waals surface area contributed by atoms with Gasteiger partial charge in [0, 0.05) is 18.2 Å². The number of hydrogen-bond acceptors (Lipinski definition) is 2. The third-order valence-corrected chi connectivity index (χ3v) is 3.39. The highest BCUT2D eigenvalue weighted by Crippen LogP contribution is 2.17. The van der Waals surface area contributed by atoms with Gasteiger partial charge in [0.25, 0.3) is 5.91 Å². The molecule has 2 aromatic carbocycles.